The molecule has 12 fully saturated rings. The molecule has 0 aliphatic heterocycles. The van der Waals surface area contributed by atoms with Crippen molar-refractivity contribution in [3.63, 3.8) is 0 Å². The third-order valence-electron chi connectivity index (χ3n) is 29.0. The van der Waals surface area contributed by atoms with Gasteiger partial charge in [0.15, 0.2) is 17.3 Å². The van der Waals surface area contributed by atoms with E-state index in [0.29, 0.717) is 66.5 Å². The van der Waals surface area contributed by atoms with Crippen molar-refractivity contribution in [3.8, 4) is 0 Å². The van der Waals surface area contributed by atoms with Gasteiger partial charge < -0.3 is 15.3 Å². The molecule has 3 aromatic heterocycles. The lowest BCUT2D eigenvalue weighted by Crippen LogP contribution is -2.51. The fourth-order valence-corrected chi connectivity index (χ4v) is 25.0. The van der Waals surface area contributed by atoms with Crippen LogP contribution in [0.4, 0.5) is 0 Å². The minimum Gasteiger partial charge on any atom is -0.390 e. The molecule has 3 aromatic rings. The lowest BCUT2D eigenvalue weighted by atomic mass is 9.49. The van der Waals surface area contributed by atoms with Crippen molar-refractivity contribution in [2.24, 2.45) is 123 Å². The topological polar surface area (TPSA) is 217 Å². The predicted molar refractivity (Wildman–Crippen MR) is 331 cm³/mol. The number of rotatable bonds is 9. The Hall–Kier alpha value is -3.76. The maximum Gasteiger partial charge on any atom is 0.158 e. The molecular formula is C71H110N10O6. The number of carbonyl (C=O) groups is 3. The summed E-state index contributed by atoms with van der Waals surface area (Å²) in [5.74, 6) is 13.8. The van der Waals surface area contributed by atoms with Crippen LogP contribution in [0.1, 0.15) is 232 Å². The zero-order valence-corrected chi connectivity index (χ0v) is 54.8. The fraction of sp³-hybridized carbons (Fsp3) is 0.887. The minimum absolute atomic E-state index is 0.146. The third-order valence-corrected chi connectivity index (χ3v) is 29.0. The number of hydrogen-bond donors (Lipinski definition) is 3. The highest BCUT2D eigenvalue weighted by Crippen LogP contribution is 2.68. The van der Waals surface area contributed by atoms with Crippen LogP contribution in [0.3, 0.4) is 0 Å². The number of aliphatic hydroxyl groups is 3. The number of Topliss-reactive ketones (excluding diaryl/α,β-unsaturated/α-hetero) is 3. The average molecular weight is 1200 g/mol. The summed E-state index contributed by atoms with van der Waals surface area (Å²) >= 11 is 0. The van der Waals surface area contributed by atoms with Gasteiger partial charge in [-0.25, -0.2) is 14.0 Å². The second-order valence-corrected chi connectivity index (χ2v) is 33.9. The molecule has 0 unspecified atom stereocenters. The molecule has 12 saturated carbocycles. The first-order valence-electron chi connectivity index (χ1n) is 35.5. The van der Waals surface area contributed by atoms with Crippen molar-refractivity contribution < 1.29 is 29.7 Å². The van der Waals surface area contributed by atoms with Gasteiger partial charge in [0.1, 0.15) is 25.5 Å². The van der Waals surface area contributed by atoms with Crippen LogP contribution in [0, 0.1) is 144 Å². The number of tetrazole rings is 1. The Bertz CT molecular complexity index is 2850. The summed E-state index contributed by atoms with van der Waals surface area (Å²) < 4.78 is 5.15. The van der Waals surface area contributed by atoms with Crippen molar-refractivity contribution in [1.29, 1.82) is 0 Å². The van der Waals surface area contributed by atoms with Crippen LogP contribution in [0.15, 0.2) is 12.4 Å². The molecule has 87 heavy (non-hydrogen) atoms. The fourth-order valence-electron chi connectivity index (χ4n) is 25.0. The van der Waals surface area contributed by atoms with Crippen LogP contribution in [0.2, 0.25) is 0 Å². The zero-order chi connectivity index (χ0) is 61.2. The van der Waals surface area contributed by atoms with Crippen molar-refractivity contribution in [2.75, 3.05) is 0 Å². The van der Waals surface area contributed by atoms with E-state index in [-0.39, 0.29) is 34.0 Å². The van der Waals surface area contributed by atoms with Crippen molar-refractivity contribution in [2.45, 2.75) is 272 Å². The lowest BCUT2D eigenvalue weighted by Gasteiger charge is -2.56. The van der Waals surface area contributed by atoms with E-state index in [1.807, 2.05) is 47.7 Å². The molecule has 0 amide bonds. The van der Waals surface area contributed by atoms with Gasteiger partial charge in [0.05, 0.1) is 34.4 Å². The largest absolute Gasteiger partial charge is 0.390 e. The van der Waals surface area contributed by atoms with Gasteiger partial charge in [-0.05, 0) is 330 Å². The Morgan fingerprint density at radius 3 is 1.18 bits per heavy atom. The van der Waals surface area contributed by atoms with E-state index < -0.39 is 16.8 Å². The van der Waals surface area contributed by atoms with Gasteiger partial charge in [0.2, 0.25) is 0 Å². The summed E-state index contributed by atoms with van der Waals surface area (Å²) in [6.45, 7) is 20.2. The molecule has 12 aliphatic carbocycles. The Labute approximate surface area is 519 Å². The number of hydrogen-bond acceptors (Lipinski definition) is 13. The zero-order valence-electron chi connectivity index (χ0n) is 54.8. The Kier molecular flexibility index (Phi) is 16.7. The first-order valence-corrected chi connectivity index (χ1v) is 35.5. The number of ketones is 3. The van der Waals surface area contributed by atoms with Crippen molar-refractivity contribution >= 4 is 17.3 Å². The van der Waals surface area contributed by atoms with Gasteiger partial charge in [0.25, 0.3) is 0 Å². The maximum absolute atomic E-state index is 13.3. The van der Waals surface area contributed by atoms with Crippen LogP contribution in [0.5, 0.6) is 0 Å². The first-order chi connectivity index (χ1) is 41.3. The molecule has 0 saturated heterocycles. The van der Waals surface area contributed by atoms with Crippen molar-refractivity contribution in [3.05, 3.63) is 29.6 Å². The van der Waals surface area contributed by atoms with E-state index in [1.165, 1.54) is 116 Å². The van der Waals surface area contributed by atoms with Crippen LogP contribution in [0.25, 0.3) is 0 Å². The predicted octanol–water partition coefficient (Wildman–Crippen LogP) is 11.9. The molecule has 480 valence electrons. The second kappa shape index (κ2) is 23.4. The first kappa shape index (κ1) is 62.1. The molecule has 12 aliphatic rings. The Morgan fingerprint density at radius 2 is 0.828 bits per heavy atom. The van der Waals surface area contributed by atoms with Gasteiger partial charge in [-0.15, -0.1) is 15.3 Å². The maximum atomic E-state index is 13.3. The molecule has 15 rings (SSSR count). The van der Waals surface area contributed by atoms with Crippen LogP contribution < -0.4 is 0 Å². The number of fused-ring (bicyclic) bond motifs is 15. The number of aromatic nitrogens is 10. The van der Waals surface area contributed by atoms with Gasteiger partial charge in [-0.2, -0.15) is 0 Å². The normalized spacial score (nSPS) is 46.6. The quantitative estimate of drug-likeness (QED) is 0.182. The van der Waals surface area contributed by atoms with E-state index in [4.69, 9.17) is 0 Å². The standard InChI is InChI=1S/2C24H37N3O2.C23H36N4O2/c1-15-13-27(26-25-15)14-22(28)21-7-6-20-19-5-4-16-12-23(2,29)10-8-17(16)18(19)9-11-24(20,21)3;1-15-13-25-26-27(15)14-22(28)21-7-6-20-19-5-4-16-12-23(2,29)10-8-17(16)18(19)9-11-24(20,21)3;1-14-24-25-26-27(14)13-21(28)20-7-6-19-18-5-4-15-12-22(2,29)10-8-16(15)17(18)9-11-23(19,20)3/h2*13,16-21,29H,4-12,14H2,1-3H3;15-20,29H,4-13H2,1-3H3/t2*16-,17+,18-,19-,20+,21-,23-,24+;15-,16+,17-,18-,19+,20-,22-,23+/m111/s1. The molecule has 24 atom stereocenters. The lowest BCUT2D eigenvalue weighted by molar-refractivity contribution is -0.133. The second-order valence-electron chi connectivity index (χ2n) is 33.9. The molecule has 16 nitrogen and oxygen atoms in total. The highest BCUT2D eigenvalue weighted by atomic mass is 16.3. The summed E-state index contributed by atoms with van der Waals surface area (Å²) in [5, 5.41) is 59.5. The molecule has 3 heterocycles. The van der Waals surface area contributed by atoms with Crippen LogP contribution >= 0.6 is 0 Å². The third kappa shape index (κ3) is 11.5. The van der Waals surface area contributed by atoms with Gasteiger partial charge in [-0.1, -0.05) is 31.2 Å². The highest BCUT2D eigenvalue weighted by Gasteiger charge is 2.62. The number of aryl methyl sites for hydroxylation is 3. The summed E-state index contributed by atoms with van der Waals surface area (Å²) in [6.07, 6.45) is 35.1. The van der Waals surface area contributed by atoms with E-state index in [1.54, 1.807) is 20.2 Å². The molecule has 0 aromatic carbocycles. The van der Waals surface area contributed by atoms with Crippen LogP contribution in [-0.4, -0.2) is 99.7 Å². The molecular weight excluding hydrogens is 1090 g/mol. The Balaban J connectivity index is 0.000000121. The number of nitrogens with zero attached hydrogens (tertiary/aromatic N) is 10. The van der Waals surface area contributed by atoms with Crippen molar-refractivity contribution in [1.82, 2.24) is 50.2 Å². The summed E-state index contributed by atoms with van der Waals surface area (Å²) in [5.41, 5.74) is 0.985. The van der Waals surface area contributed by atoms with E-state index in [9.17, 15) is 29.7 Å². The SMILES string of the molecule is Cc1cn(CC(=O)[C@H]2CC[C@H]3[C@@H]4CC[C@@H]5C[C@](C)(O)CC[C@@H]5[C@H]4CC[C@]23C)nn1.Cc1cnnn1CC(=O)[C@H]1CC[C@H]2[C@@H]3CC[C@@H]4C[C@](C)(O)CC[C@@H]4[C@H]3CC[C@]12C.Cc1nnnn1CC(=O)[C@H]1CC[C@H]2[C@@H]3CC[C@@H]4C[C@](C)(O)CC[C@@H]4[C@H]3CC[C@]12C. The Morgan fingerprint density at radius 1 is 0.437 bits per heavy atom. The van der Waals surface area contributed by atoms with Crippen LogP contribution in [-0.2, 0) is 34.0 Å². The molecule has 3 N–H and O–H groups in total. The van der Waals surface area contributed by atoms with Gasteiger partial charge in [0, 0.05) is 24.0 Å². The van der Waals surface area contributed by atoms with E-state index in [0.717, 1.165) is 134 Å². The summed E-state index contributed by atoms with van der Waals surface area (Å²) in [4.78, 5) is 39.7. The summed E-state index contributed by atoms with van der Waals surface area (Å²) in [6, 6.07) is 0. The molecule has 0 spiro atoms. The molecule has 0 radical (unpaired) electrons. The smallest absolute Gasteiger partial charge is 0.158 e. The average Bonchev–Trinajstić information content (AvgIpc) is 1.76. The molecule has 0 bridgehead atoms. The number of carbonyl (C=O) groups excluding carboxylic acids is 3. The van der Waals surface area contributed by atoms with Gasteiger partial charge in [-0.3, -0.25) is 14.4 Å². The highest BCUT2D eigenvalue weighted by molar-refractivity contribution is 5.83. The molecule has 16 heteroatoms. The van der Waals surface area contributed by atoms with E-state index >= 15 is 0 Å². The van der Waals surface area contributed by atoms with E-state index in [2.05, 4.69) is 56.9 Å². The van der Waals surface area contributed by atoms with Gasteiger partial charge >= 0.3 is 0 Å². The summed E-state index contributed by atoms with van der Waals surface area (Å²) in [7, 11) is 0. The monoisotopic (exact) mass is 1200 g/mol. The minimum atomic E-state index is -0.448.